The van der Waals surface area contributed by atoms with Crippen molar-refractivity contribution < 1.29 is 8.83 Å². The summed E-state index contributed by atoms with van der Waals surface area (Å²) in [5.74, 6) is 0. The second-order valence-corrected chi connectivity index (χ2v) is 21.3. The largest absolute Gasteiger partial charge is 0.466 e. The van der Waals surface area contributed by atoms with Crippen LogP contribution in [0.4, 0.5) is 28.4 Å². The number of fused-ring (bicyclic) bond motifs is 13. The molecule has 0 radical (unpaired) electrons. The summed E-state index contributed by atoms with van der Waals surface area (Å²) in [6.07, 6.45) is 0. The van der Waals surface area contributed by atoms with E-state index in [0.717, 1.165) is 66.9 Å². The van der Waals surface area contributed by atoms with Crippen LogP contribution < -0.4 is 20.8 Å². The van der Waals surface area contributed by atoms with Crippen LogP contribution in [0.25, 0.3) is 66.3 Å². The molecule has 0 N–H and O–H groups in total. The average Bonchev–Trinajstić information content (AvgIpc) is 3.95. The number of benzene rings is 8. The van der Waals surface area contributed by atoms with E-state index in [-0.39, 0.29) is 23.1 Å². The van der Waals surface area contributed by atoms with Gasteiger partial charge in [-0.25, -0.2) is 0 Å². The van der Waals surface area contributed by atoms with Gasteiger partial charge in [0.1, 0.15) is 22.4 Å². The van der Waals surface area contributed by atoms with E-state index in [1.54, 1.807) is 0 Å². The number of hydrogen-bond acceptors (Lipinski definition) is 4. The zero-order valence-electron chi connectivity index (χ0n) is 38.9. The minimum Gasteiger partial charge on any atom is -0.466 e. The SMILES string of the molecule is CC(C)(C)c1ccc(N2B3c4oc5ccc(-c6ccccc6)cc5c4N(c4ccc(C(C)(C)C)cc4)c4c3c(cc3c4C(C)(C)c4ccccc4-3)-c3cc4c(cc32)oc2ccccc24)cc1. The predicted octanol–water partition coefficient (Wildman–Crippen LogP) is 15.6. The molecule has 0 bridgehead atoms. The first-order valence-electron chi connectivity index (χ1n) is 23.4. The highest BCUT2D eigenvalue weighted by Gasteiger charge is 2.52. The van der Waals surface area contributed by atoms with Gasteiger partial charge in [-0.05, 0) is 121 Å². The molecule has 13 rings (SSSR count). The summed E-state index contributed by atoms with van der Waals surface area (Å²) in [5, 5.41) is 3.32. The van der Waals surface area contributed by atoms with Gasteiger partial charge in [-0.1, -0.05) is 159 Å². The lowest BCUT2D eigenvalue weighted by Crippen LogP contribution is -2.61. The molecule has 2 aliphatic heterocycles. The first kappa shape index (κ1) is 39.2. The van der Waals surface area contributed by atoms with E-state index in [4.69, 9.17) is 8.83 Å². The summed E-state index contributed by atoms with van der Waals surface area (Å²) >= 11 is 0. The van der Waals surface area contributed by atoms with Crippen molar-refractivity contribution in [2.75, 3.05) is 9.71 Å². The van der Waals surface area contributed by atoms with Crippen LogP contribution in [0.5, 0.6) is 0 Å². The van der Waals surface area contributed by atoms with Crippen molar-refractivity contribution in [3.8, 4) is 33.4 Å². The molecular weight excluding hydrogens is 803 g/mol. The number of anilines is 5. The molecule has 3 aliphatic rings. The lowest BCUT2D eigenvalue weighted by atomic mass is 9.45. The minimum absolute atomic E-state index is 0.00404. The third kappa shape index (κ3) is 5.46. The smallest absolute Gasteiger partial charge is 0.375 e. The molecule has 0 fully saturated rings. The van der Waals surface area contributed by atoms with Gasteiger partial charge in [-0.3, -0.25) is 0 Å². The lowest BCUT2D eigenvalue weighted by molar-refractivity contribution is 0.590. The first-order valence-corrected chi connectivity index (χ1v) is 23.4. The molecule has 320 valence electrons. The van der Waals surface area contributed by atoms with Gasteiger partial charge in [-0.15, -0.1) is 0 Å². The third-order valence-corrected chi connectivity index (χ3v) is 14.9. The Kier molecular flexibility index (Phi) is 7.96. The third-order valence-electron chi connectivity index (χ3n) is 14.9. The zero-order chi connectivity index (χ0) is 45.0. The van der Waals surface area contributed by atoms with Crippen molar-refractivity contribution in [2.45, 2.75) is 71.6 Å². The zero-order valence-corrected chi connectivity index (χ0v) is 38.9. The number of nitrogens with zero attached hydrogens (tertiary/aromatic N) is 2. The van der Waals surface area contributed by atoms with Crippen molar-refractivity contribution in [1.82, 2.24) is 0 Å². The van der Waals surface area contributed by atoms with Crippen LogP contribution in [-0.2, 0) is 16.2 Å². The molecule has 2 aromatic heterocycles. The highest BCUT2D eigenvalue weighted by atomic mass is 16.3. The topological polar surface area (TPSA) is 32.8 Å². The van der Waals surface area contributed by atoms with Gasteiger partial charge in [-0.2, -0.15) is 0 Å². The van der Waals surface area contributed by atoms with Crippen LogP contribution in [0.2, 0.25) is 0 Å². The van der Waals surface area contributed by atoms with E-state index in [1.807, 2.05) is 0 Å². The number of hydrogen-bond donors (Lipinski definition) is 0. The number of rotatable bonds is 3. The van der Waals surface area contributed by atoms with Crippen molar-refractivity contribution in [3.05, 3.63) is 186 Å². The Morgan fingerprint density at radius 3 is 1.85 bits per heavy atom. The molecular formula is C61H51BN2O2. The minimum atomic E-state index is -0.319. The molecule has 0 atom stereocenters. The predicted molar refractivity (Wildman–Crippen MR) is 278 cm³/mol. The van der Waals surface area contributed by atoms with Crippen LogP contribution in [0.1, 0.15) is 77.6 Å². The Labute approximate surface area is 387 Å². The van der Waals surface area contributed by atoms with Crippen molar-refractivity contribution in [1.29, 1.82) is 0 Å². The van der Waals surface area contributed by atoms with E-state index in [1.165, 1.54) is 61.2 Å². The molecule has 0 amide bonds. The monoisotopic (exact) mass is 854 g/mol. The summed E-state index contributed by atoms with van der Waals surface area (Å²) in [7, 11) is 0. The first-order chi connectivity index (χ1) is 31.8. The molecule has 8 aromatic carbocycles. The summed E-state index contributed by atoms with van der Waals surface area (Å²) in [5.41, 5.74) is 22.7. The Balaban J connectivity index is 1.21. The molecule has 66 heavy (non-hydrogen) atoms. The van der Waals surface area contributed by atoms with E-state index >= 15 is 0 Å². The maximum atomic E-state index is 7.47. The van der Waals surface area contributed by atoms with Crippen molar-refractivity contribution in [2.24, 2.45) is 0 Å². The Morgan fingerprint density at radius 1 is 0.470 bits per heavy atom. The number of para-hydroxylation sites is 1. The second-order valence-electron chi connectivity index (χ2n) is 21.3. The van der Waals surface area contributed by atoms with Gasteiger partial charge in [0.15, 0.2) is 0 Å². The van der Waals surface area contributed by atoms with Crippen LogP contribution in [-0.4, -0.2) is 6.85 Å². The quantitative estimate of drug-likeness (QED) is 0.166. The second kappa shape index (κ2) is 13.4. The molecule has 10 aromatic rings. The van der Waals surface area contributed by atoms with Gasteiger partial charge in [0, 0.05) is 56.0 Å². The summed E-state index contributed by atoms with van der Waals surface area (Å²) in [6.45, 7) is 18.3. The van der Waals surface area contributed by atoms with E-state index in [2.05, 4.69) is 229 Å². The van der Waals surface area contributed by atoms with E-state index in [9.17, 15) is 0 Å². The molecule has 0 spiro atoms. The van der Waals surface area contributed by atoms with E-state index < -0.39 is 0 Å². The molecule has 0 unspecified atom stereocenters. The van der Waals surface area contributed by atoms with E-state index in [0.29, 0.717) is 0 Å². The molecule has 0 saturated carbocycles. The van der Waals surface area contributed by atoms with Crippen LogP contribution in [0.3, 0.4) is 0 Å². The fourth-order valence-corrected chi connectivity index (χ4v) is 11.6. The maximum absolute atomic E-state index is 7.47. The van der Waals surface area contributed by atoms with Gasteiger partial charge in [0.05, 0.1) is 5.69 Å². The van der Waals surface area contributed by atoms with Crippen molar-refractivity contribution in [3.63, 3.8) is 0 Å². The molecule has 4 nitrogen and oxygen atoms in total. The normalized spacial score (nSPS) is 14.7. The van der Waals surface area contributed by atoms with Crippen LogP contribution in [0.15, 0.2) is 173 Å². The van der Waals surface area contributed by atoms with Gasteiger partial charge >= 0.3 is 6.85 Å². The summed E-state index contributed by atoms with van der Waals surface area (Å²) in [6, 6.07) is 60.8. The molecule has 0 saturated heterocycles. The summed E-state index contributed by atoms with van der Waals surface area (Å²) in [4.78, 5) is 5.14. The lowest BCUT2D eigenvalue weighted by Gasteiger charge is -2.45. The number of furan rings is 2. The molecule has 4 heterocycles. The highest BCUT2D eigenvalue weighted by molar-refractivity contribution is 6.93. The molecule has 1 aliphatic carbocycles. The summed E-state index contributed by atoms with van der Waals surface area (Å²) < 4.78 is 14.2. The van der Waals surface area contributed by atoms with Gasteiger partial charge < -0.3 is 18.5 Å². The Bertz CT molecular complexity index is 3640. The maximum Gasteiger partial charge on any atom is 0.375 e. The standard InChI is InChI=1S/C61H51BN2O2/c1-59(2,3)38-23-27-40(28-24-38)63-56-48-32-37(36-16-10-9-11-17-36)22-31-52(48)66-58(56)62-55-47(34-46-42-18-12-14-20-49(42)61(7,8)54(46)57(55)63)44-33-45-43-19-13-15-21-51(43)65-53(45)35-50(44)64(62)41-29-25-39(26-30-41)60(4,5)6/h9-35H,1-8H3. The molecule has 5 heteroatoms. The Hall–Kier alpha value is -7.24. The van der Waals surface area contributed by atoms with Crippen LogP contribution in [0, 0.1) is 0 Å². The average molecular weight is 855 g/mol. The van der Waals surface area contributed by atoms with Crippen molar-refractivity contribution >= 4 is 79.3 Å². The fraction of sp³-hybridized carbons (Fsp3) is 0.180. The van der Waals surface area contributed by atoms with Crippen LogP contribution >= 0.6 is 0 Å². The van der Waals surface area contributed by atoms with Gasteiger partial charge in [0.25, 0.3) is 0 Å². The fourth-order valence-electron chi connectivity index (χ4n) is 11.6. The highest BCUT2D eigenvalue weighted by Crippen LogP contribution is 2.59. The van der Waals surface area contributed by atoms with Gasteiger partial charge in [0.2, 0.25) is 0 Å². The Morgan fingerprint density at radius 2 is 1.12 bits per heavy atom.